The maximum absolute atomic E-state index is 13.4. The molecule has 0 saturated carbocycles. The second kappa shape index (κ2) is 5.99. The van der Waals surface area contributed by atoms with Gasteiger partial charge < -0.3 is 15.7 Å². The van der Waals surface area contributed by atoms with Crippen molar-refractivity contribution in [2.45, 2.75) is 11.8 Å². The number of hydrogen-bond donors (Lipinski definition) is 3. The second-order valence-electron chi connectivity index (χ2n) is 6.95. The van der Waals surface area contributed by atoms with Gasteiger partial charge in [0.2, 0.25) is 11.8 Å². The third-order valence-electron chi connectivity index (χ3n) is 5.34. The van der Waals surface area contributed by atoms with Crippen LogP contribution in [-0.2, 0) is 15.0 Å². The van der Waals surface area contributed by atoms with Crippen LogP contribution < -0.4 is 10.6 Å². The van der Waals surface area contributed by atoms with Gasteiger partial charge in [0.15, 0.2) is 0 Å². The van der Waals surface area contributed by atoms with Crippen molar-refractivity contribution in [3.05, 3.63) is 69.7 Å². The Labute approximate surface area is 168 Å². The average molecular weight is 408 g/mol. The zero-order valence-electron chi connectivity index (χ0n) is 14.8. The van der Waals surface area contributed by atoms with Crippen LogP contribution in [0.1, 0.15) is 26.5 Å². The van der Waals surface area contributed by atoms with Crippen molar-refractivity contribution >= 4 is 40.5 Å². The van der Waals surface area contributed by atoms with Crippen LogP contribution in [0.3, 0.4) is 0 Å². The lowest BCUT2D eigenvalue weighted by Crippen LogP contribution is -2.42. The summed E-state index contributed by atoms with van der Waals surface area (Å²) in [6.07, 6.45) is -0.120. The Morgan fingerprint density at radius 3 is 2.52 bits per heavy atom. The summed E-state index contributed by atoms with van der Waals surface area (Å²) >= 11 is 0.966. The number of benzene rings is 2. The molecule has 144 valence electrons. The Morgan fingerprint density at radius 1 is 1.07 bits per heavy atom. The largest absolute Gasteiger partial charge is 0.477 e. The molecule has 6 nitrogen and oxygen atoms in total. The van der Waals surface area contributed by atoms with Gasteiger partial charge in [0, 0.05) is 11.3 Å². The van der Waals surface area contributed by atoms with E-state index in [1.54, 1.807) is 24.3 Å². The lowest BCUT2D eigenvalue weighted by atomic mass is 9.74. The number of amides is 2. The average Bonchev–Trinajstić information content (AvgIpc) is 3.20. The number of para-hydroxylation sites is 1. The van der Waals surface area contributed by atoms with Crippen molar-refractivity contribution in [1.29, 1.82) is 0 Å². The summed E-state index contributed by atoms with van der Waals surface area (Å²) in [5, 5.41) is 15.4. The number of nitrogens with one attached hydrogen (secondary N) is 2. The van der Waals surface area contributed by atoms with Crippen LogP contribution in [0.25, 0.3) is 11.1 Å². The van der Waals surface area contributed by atoms with Crippen molar-refractivity contribution in [2.24, 2.45) is 0 Å². The number of carboxylic acid groups (broad SMARTS) is 1. The molecule has 29 heavy (non-hydrogen) atoms. The molecule has 1 atom stereocenters. The first-order valence-corrected chi connectivity index (χ1v) is 9.61. The lowest BCUT2D eigenvalue weighted by Gasteiger charge is -2.31. The highest BCUT2D eigenvalue weighted by atomic mass is 32.1. The SMILES string of the molecule is O=C1CC2(C(=O)Nc3ccccc32)c2sc(C(=O)O)c(-c3ccc(F)cc3)c2N1. The summed E-state index contributed by atoms with van der Waals surface area (Å²) < 4.78 is 13.4. The molecule has 8 heteroatoms. The summed E-state index contributed by atoms with van der Waals surface area (Å²) in [6.45, 7) is 0. The summed E-state index contributed by atoms with van der Waals surface area (Å²) in [5.41, 5.74) is 0.979. The smallest absolute Gasteiger partial charge is 0.346 e. The highest BCUT2D eigenvalue weighted by molar-refractivity contribution is 7.15. The van der Waals surface area contributed by atoms with Gasteiger partial charge >= 0.3 is 5.97 Å². The van der Waals surface area contributed by atoms with Gasteiger partial charge in [-0.15, -0.1) is 11.3 Å². The fourth-order valence-corrected chi connectivity index (χ4v) is 5.43. The molecule has 0 saturated heterocycles. The van der Waals surface area contributed by atoms with Gasteiger partial charge in [-0.25, -0.2) is 9.18 Å². The number of thiophene rings is 1. The Kier molecular flexibility index (Phi) is 3.63. The minimum absolute atomic E-state index is 0.0136. The Bertz CT molecular complexity index is 1220. The fourth-order valence-electron chi connectivity index (χ4n) is 4.11. The first-order valence-electron chi connectivity index (χ1n) is 8.79. The van der Waals surface area contributed by atoms with Crippen LogP contribution in [0, 0.1) is 5.82 Å². The lowest BCUT2D eigenvalue weighted by molar-refractivity contribution is -0.125. The second-order valence-corrected chi connectivity index (χ2v) is 7.97. The molecule has 1 spiro atoms. The first kappa shape index (κ1) is 17.6. The molecule has 0 radical (unpaired) electrons. The standard InChI is InChI=1S/C21H13FN2O4S/c22-11-7-5-10(6-8-11)15-16-18(29-17(15)19(26)27)21(9-14(25)24-16)12-3-1-2-4-13(12)23-20(21)28/h1-8H,9H2,(H,23,28)(H,24,25)(H,26,27). The van der Waals surface area contributed by atoms with Crippen LogP contribution in [0.2, 0.25) is 0 Å². The third-order valence-corrected chi connectivity index (χ3v) is 6.68. The summed E-state index contributed by atoms with van der Waals surface area (Å²) in [7, 11) is 0. The van der Waals surface area contributed by atoms with E-state index in [1.807, 2.05) is 0 Å². The quantitative estimate of drug-likeness (QED) is 0.601. The van der Waals surface area contributed by atoms with E-state index >= 15 is 0 Å². The van der Waals surface area contributed by atoms with Crippen molar-refractivity contribution in [2.75, 3.05) is 10.6 Å². The molecule has 2 aliphatic rings. The van der Waals surface area contributed by atoms with E-state index in [0.29, 0.717) is 27.4 Å². The molecular weight excluding hydrogens is 395 g/mol. The van der Waals surface area contributed by atoms with E-state index < -0.39 is 17.2 Å². The summed E-state index contributed by atoms with van der Waals surface area (Å²) in [4.78, 5) is 38.2. The van der Waals surface area contributed by atoms with E-state index in [9.17, 15) is 23.9 Å². The number of fused-ring (bicyclic) bond motifs is 4. The van der Waals surface area contributed by atoms with Gasteiger partial charge in [0.05, 0.1) is 17.0 Å². The predicted molar refractivity (Wildman–Crippen MR) is 106 cm³/mol. The fraction of sp³-hybridized carbons (Fsp3) is 0.0952. The molecule has 0 bridgehead atoms. The minimum Gasteiger partial charge on any atom is -0.477 e. The van der Waals surface area contributed by atoms with Crippen LogP contribution in [-0.4, -0.2) is 22.9 Å². The van der Waals surface area contributed by atoms with Crippen molar-refractivity contribution < 1.29 is 23.9 Å². The van der Waals surface area contributed by atoms with Crippen LogP contribution in [0.15, 0.2) is 48.5 Å². The van der Waals surface area contributed by atoms with Crippen molar-refractivity contribution in [3.8, 4) is 11.1 Å². The Balaban J connectivity index is 1.84. The number of hydrogen-bond acceptors (Lipinski definition) is 4. The zero-order valence-corrected chi connectivity index (χ0v) is 15.6. The third kappa shape index (κ3) is 2.35. The van der Waals surface area contributed by atoms with Gasteiger partial charge in [-0.2, -0.15) is 0 Å². The van der Waals surface area contributed by atoms with Crippen molar-refractivity contribution in [3.63, 3.8) is 0 Å². The molecule has 5 rings (SSSR count). The van der Waals surface area contributed by atoms with Crippen LogP contribution >= 0.6 is 11.3 Å². The molecule has 3 N–H and O–H groups in total. The normalized spacial score (nSPS) is 19.5. The zero-order chi connectivity index (χ0) is 20.3. The van der Waals surface area contributed by atoms with Gasteiger partial charge in [-0.3, -0.25) is 9.59 Å². The number of halogens is 1. The van der Waals surface area contributed by atoms with E-state index in [-0.39, 0.29) is 28.7 Å². The summed E-state index contributed by atoms with van der Waals surface area (Å²) in [5.74, 6) is -2.39. The molecule has 1 aromatic heterocycles. The highest BCUT2D eigenvalue weighted by Gasteiger charge is 2.55. The summed E-state index contributed by atoms with van der Waals surface area (Å²) in [6, 6.07) is 12.4. The molecule has 2 aromatic carbocycles. The van der Waals surface area contributed by atoms with E-state index in [4.69, 9.17) is 0 Å². The monoisotopic (exact) mass is 408 g/mol. The molecule has 1 unspecified atom stereocenters. The van der Waals surface area contributed by atoms with Crippen LogP contribution in [0.5, 0.6) is 0 Å². The van der Waals surface area contributed by atoms with Gasteiger partial charge in [-0.1, -0.05) is 30.3 Å². The number of carbonyl (C=O) groups excluding carboxylic acids is 2. The number of aromatic carboxylic acids is 1. The number of anilines is 2. The minimum atomic E-state index is -1.29. The Hall–Kier alpha value is -3.52. The predicted octanol–water partition coefficient (Wildman–Crippen LogP) is 3.83. The molecular formula is C21H13FN2O4S. The molecule has 0 aliphatic carbocycles. The van der Waals surface area contributed by atoms with Gasteiger partial charge in [0.25, 0.3) is 0 Å². The van der Waals surface area contributed by atoms with E-state index in [2.05, 4.69) is 10.6 Å². The highest BCUT2D eigenvalue weighted by Crippen LogP contribution is 2.56. The number of carboxylic acids is 1. The maximum Gasteiger partial charge on any atom is 0.346 e. The molecule has 2 aliphatic heterocycles. The first-order chi connectivity index (χ1) is 13.9. The molecule has 3 aromatic rings. The molecule has 0 fully saturated rings. The molecule has 3 heterocycles. The number of carbonyl (C=O) groups is 3. The maximum atomic E-state index is 13.4. The number of rotatable bonds is 2. The molecule has 2 amide bonds. The van der Waals surface area contributed by atoms with E-state index in [1.165, 1.54) is 24.3 Å². The van der Waals surface area contributed by atoms with E-state index in [0.717, 1.165) is 11.3 Å². The topological polar surface area (TPSA) is 95.5 Å². The van der Waals surface area contributed by atoms with Crippen LogP contribution in [0.4, 0.5) is 15.8 Å². The van der Waals surface area contributed by atoms with Gasteiger partial charge in [-0.05, 0) is 29.3 Å². The van der Waals surface area contributed by atoms with Gasteiger partial charge in [0.1, 0.15) is 16.1 Å². The Morgan fingerprint density at radius 2 is 1.79 bits per heavy atom. The van der Waals surface area contributed by atoms with Crippen molar-refractivity contribution in [1.82, 2.24) is 0 Å².